The maximum absolute atomic E-state index is 10.4. The van der Waals surface area contributed by atoms with Gasteiger partial charge < -0.3 is 53.1 Å². The molecular formula is C28H47IN2O4. The van der Waals surface area contributed by atoms with Crippen LogP contribution in [0.15, 0.2) is 54.6 Å². The lowest BCUT2D eigenvalue weighted by molar-refractivity contribution is -0.906. The van der Waals surface area contributed by atoms with Crippen LogP contribution in [0.4, 0.5) is 0 Å². The van der Waals surface area contributed by atoms with Gasteiger partial charge in [0.05, 0.1) is 53.5 Å². The van der Waals surface area contributed by atoms with Crippen LogP contribution in [0.3, 0.4) is 0 Å². The van der Waals surface area contributed by atoms with E-state index in [-0.39, 0.29) is 30.4 Å². The standard InChI is InChI=1S/C14H12O2.2C7H18NO.HI/c15-14(16)10-11-6-8-13(9-7-11)12-4-2-1-3-5-12;2*1-4-8(3,5-2)6-7-9;/h1-9H,10H2,(H,15,16);2*9H,4-7H2,1-3H3;1H/q;2*+1;/p-2. The quantitative estimate of drug-likeness (QED) is 0.271. The van der Waals surface area contributed by atoms with Crippen molar-refractivity contribution in [1.29, 1.82) is 0 Å². The molecule has 0 saturated heterocycles. The molecule has 35 heavy (non-hydrogen) atoms. The molecule has 7 heteroatoms. The Kier molecular flexibility index (Phi) is 20.0. The summed E-state index contributed by atoms with van der Waals surface area (Å²) >= 11 is 0. The minimum Gasteiger partial charge on any atom is -1.00 e. The number of quaternary nitrogens is 2. The van der Waals surface area contributed by atoms with Crippen LogP contribution in [0, 0.1) is 0 Å². The Morgan fingerprint density at radius 3 is 1.37 bits per heavy atom. The summed E-state index contributed by atoms with van der Waals surface area (Å²) in [7, 11) is 4.33. The van der Waals surface area contributed by atoms with E-state index in [4.69, 9.17) is 10.2 Å². The molecule has 0 aliphatic heterocycles. The maximum Gasteiger partial charge on any atom is 0.102 e. The average molecular weight is 603 g/mol. The number of hydrogen-bond donors (Lipinski definition) is 2. The van der Waals surface area contributed by atoms with Gasteiger partial charge in [-0.15, -0.1) is 0 Å². The van der Waals surface area contributed by atoms with Crippen LogP contribution in [0.2, 0.25) is 0 Å². The van der Waals surface area contributed by atoms with E-state index < -0.39 is 5.97 Å². The summed E-state index contributed by atoms with van der Waals surface area (Å²) in [6.45, 7) is 15.4. The molecule has 0 amide bonds. The molecule has 0 fully saturated rings. The fraction of sp³-hybridized carbons (Fsp3) is 0.536. The van der Waals surface area contributed by atoms with Gasteiger partial charge >= 0.3 is 0 Å². The van der Waals surface area contributed by atoms with E-state index in [1.807, 2.05) is 54.6 Å². The first-order valence-corrected chi connectivity index (χ1v) is 12.4. The average Bonchev–Trinajstić information content (AvgIpc) is 2.85. The zero-order valence-corrected chi connectivity index (χ0v) is 24.7. The Labute approximate surface area is 230 Å². The molecule has 0 spiro atoms. The first-order chi connectivity index (χ1) is 16.1. The highest BCUT2D eigenvalue weighted by atomic mass is 127. The Morgan fingerprint density at radius 2 is 1.09 bits per heavy atom. The van der Waals surface area contributed by atoms with Crippen molar-refractivity contribution >= 4 is 5.97 Å². The summed E-state index contributed by atoms with van der Waals surface area (Å²) < 4.78 is 1.97. The molecule has 0 aliphatic rings. The number of aliphatic hydroxyl groups is 2. The fourth-order valence-electron chi connectivity index (χ4n) is 3.17. The van der Waals surface area contributed by atoms with Crippen LogP contribution < -0.4 is 29.1 Å². The lowest BCUT2D eigenvalue weighted by Gasteiger charge is -2.31. The molecule has 0 atom stereocenters. The van der Waals surface area contributed by atoms with Gasteiger partial charge in [0.1, 0.15) is 13.1 Å². The van der Waals surface area contributed by atoms with Crippen molar-refractivity contribution < 1.29 is 53.1 Å². The Bertz CT molecular complexity index is 757. The number of likely N-dealkylation sites (N-methyl/N-ethyl adjacent to an activating group) is 2. The van der Waals surface area contributed by atoms with E-state index in [0.717, 1.165) is 64.9 Å². The van der Waals surface area contributed by atoms with E-state index in [2.05, 4.69) is 41.8 Å². The number of halogens is 1. The molecule has 2 rings (SSSR count). The van der Waals surface area contributed by atoms with Gasteiger partial charge in [-0.1, -0.05) is 54.6 Å². The summed E-state index contributed by atoms with van der Waals surface area (Å²) in [4.78, 5) is 10.4. The predicted octanol–water partition coefficient (Wildman–Crippen LogP) is -0.420. The molecule has 0 heterocycles. The Morgan fingerprint density at radius 1 is 0.714 bits per heavy atom. The lowest BCUT2D eigenvalue weighted by atomic mass is 10.0. The van der Waals surface area contributed by atoms with Crippen LogP contribution in [-0.4, -0.2) is 91.7 Å². The molecule has 0 aliphatic carbocycles. The number of rotatable bonds is 11. The number of nitrogens with zero attached hydrogens (tertiary/aromatic N) is 2. The Balaban J connectivity index is 0. The summed E-state index contributed by atoms with van der Waals surface area (Å²) in [5.74, 6) is -1.05. The molecule has 0 bridgehead atoms. The molecule has 200 valence electrons. The van der Waals surface area contributed by atoms with Crippen molar-refractivity contribution in [1.82, 2.24) is 0 Å². The molecule has 2 aromatic carbocycles. The van der Waals surface area contributed by atoms with Gasteiger partial charge in [-0.3, -0.25) is 0 Å². The van der Waals surface area contributed by atoms with Gasteiger partial charge in [0.2, 0.25) is 0 Å². The smallest absolute Gasteiger partial charge is 0.102 e. The number of benzene rings is 2. The van der Waals surface area contributed by atoms with Gasteiger partial charge in [-0.05, 0) is 44.4 Å². The SMILES string of the molecule is CC[N+](C)(CC)CCO.CC[N+](C)(CC)CCO.O=C([O-])Cc1ccc(-c2ccccc2)cc1.[I-]. The highest BCUT2D eigenvalue weighted by molar-refractivity contribution is 5.69. The summed E-state index contributed by atoms with van der Waals surface area (Å²) in [6, 6.07) is 17.4. The van der Waals surface area contributed by atoms with Gasteiger partial charge in [0, 0.05) is 12.4 Å². The second kappa shape index (κ2) is 19.6. The monoisotopic (exact) mass is 602 g/mol. The summed E-state index contributed by atoms with van der Waals surface area (Å²) in [5.41, 5.74) is 2.98. The van der Waals surface area contributed by atoms with Crippen molar-refractivity contribution in [3.05, 3.63) is 60.2 Å². The largest absolute Gasteiger partial charge is 1.00 e. The number of carbonyl (C=O) groups excluding carboxylic acids is 1. The third kappa shape index (κ3) is 15.3. The molecule has 0 unspecified atom stereocenters. The predicted molar refractivity (Wildman–Crippen MR) is 139 cm³/mol. The molecular weight excluding hydrogens is 555 g/mol. The molecule has 2 aromatic rings. The molecule has 0 radical (unpaired) electrons. The first kappa shape index (κ1) is 35.6. The molecule has 0 saturated carbocycles. The molecule has 6 nitrogen and oxygen atoms in total. The highest BCUT2D eigenvalue weighted by Crippen LogP contribution is 2.19. The van der Waals surface area contributed by atoms with Crippen molar-refractivity contribution in [3.8, 4) is 11.1 Å². The number of hydrogen-bond acceptors (Lipinski definition) is 4. The third-order valence-corrected chi connectivity index (χ3v) is 6.74. The lowest BCUT2D eigenvalue weighted by Crippen LogP contribution is -3.00. The van der Waals surface area contributed by atoms with Gasteiger partial charge in [0.25, 0.3) is 0 Å². The van der Waals surface area contributed by atoms with Crippen LogP contribution in [0.1, 0.15) is 33.3 Å². The van der Waals surface area contributed by atoms with Gasteiger partial charge in [-0.2, -0.15) is 0 Å². The summed E-state index contributed by atoms with van der Waals surface area (Å²) in [5, 5.41) is 27.7. The van der Waals surface area contributed by atoms with E-state index in [1.54, 1.807) is 0 Å². The van der Waals surface area contributed by atoms with E-state index in [9.17, 15) is 9.90 Å². The van der Waals surface area contributed by atoms with E-state index in [1.165, 1.54) is 0 Å². The van der Waals surface area contributed by atoms with Crippen molar-refractivity contribution in [2.24, 2.45) is 0 Å². The zero-order chi connectivity index (χ0) is 26.0. The van der Waals surface area contributed by atoms with Crippen molar-refractivity contribution in [3.63, 3.8) is 0 Å². The maximum atomic E-state index is 10.4. The Hall–Kier alpha value is -1.52. The van der Waals surface area contributed by atoms with Crippen LogP contribution >= 0.6 is 0 Å². The topological polar surface area (TPSA) is 80.6 Å². The number of aliphatic carboxylic acids is 1. The van der Waals surface area contributed by atoms with Crippen LogP contribution in [0.5, 0.6) is 0 Å². The first-order valence-electron chi connectivity index (χ1n) is 12.4. The zero-order valence-electron chi connectivity index (χ0n) is 22.5. The summed E-state index contributed by atoms with van der Waals surface area (Å²) in [6.07, 6.45) is -0.0327. The number of aliphatic hydroxyl groups excluding tert-OH is 2. The van der Waals surface area contributed by atoms with Crippen molar-refractivity contribution in [2.75, 3.05) is 66.6 Å². The minimum atomic E-state index is -1.05. The van der Waals surface area contributed by atoms with Gasteiger partial charge in [-0.25, -0.2) is 0 Å². The van der Waals surface area contributed by atoms with E-state index >= 15 is 0 Å². The van der Waals surface area contributed by atoms with Crippen LogP contribution in [0.25, 0.3) is 11.1 Å². The number of carboxylic acids is 1. The highest BCUT2D eigenvalue weighted by Gasteiger charge is 2.14. The fourth-order valence-corrected chi connectivity index (χ4v) is 3.17. The van der Waals surface area contributed by atoms with Crippen LogP contribution in [-0.2, 0) is 11.2 Å². The molecule has 2 N–H and O–H groups in total. The third-order valence-electron chi connectivity index (χ3n) is 6.74. The number of carbonyl (C=O) groups is 1. The minimum absolute atomic E-state index is 0. The number of carboxylic acid groups (broad SMARTS) is 1. The normalized spacial score (nSPS) is 10.7. The van der Waals surface area contributed by atoms with E-state index in [0.29, 0.717) is 13.2 Å². The second-order valence-corrected chi connectivity index (χ2v) is 9.01. The molecule has 0 aromatic heterocycles. The van der Waals surface area contributed by atoms with Gasteiger partial charge in [0.15, 0.2) is 0 Å². The second-order valence-electron chi connectivity index (χ2n) is 9.01. The van der Waals surface area contributed by atoms with Crippen molar-refractivity contribution in [2.45, 2.75) is 34.1 Å².